The summed E-state index contributed by atoms with van der Waals surface area (Å²) in [5.41, 5.74) is 2.52. The molecule has 0 amide bonds. The maximum absolute atomic E-state index is 12.7. The molecule has 0 saturated carbocycles. The molecule has 0 bridgehead atoms. The highest BCUT2D eigenvalue weighted by Crippen LogP contribution is 2.26. The van der Waals surface area contributed by atoms with Gasteiger partial charge in [0.15, 0.2) is 9.84 Å². The molecule has 0 unspecified atom stereocenters. The van der Waals surface area contributed by atoms with Crippen LogP contribution in [0.2, 0.25) is 0 Å². The summed E-state index contributed by atoms with van der Waals surface area (Å²) in [6.07, 6.45) is 1.33. The number of nitriles is 1. The summed E-state index contributed by atoms with van der Waals surface area (Å²) >= 11 is 0. The van der Waals surface area contributed by atoms with Crippen molar-refractivity contribution in [1.82, 2.24) is 5.32 Å². The van der Waals surface area contributed by atoms with Gasteiger partial charge in [0, 0.05) is 0 Å². The zero-order valence-corrected chi connectivity index (χ0v) is 14.7. The lowest BCUT2D eigenvalue weighted by atomic mass is 10.0. The number of nitrogens with one attached hydrogen (secondary N) is 1. The van der Waals surface area contributed by atoms with Crippen LogP contribution in [0.4, 0.5) is 0 Å². The monoisotopic (exact) mass is 362 g/mol. The number of nitrogens with zero attached hydrogens (tertiary/aromatic N) is 1. The summed E-state index contributed by atoms with van der Waals surface area (Å²) in [5, 5.41) is 11.7. The van der Waals surface area contributed by atoms with Gasteiger partial charge >= 0.3 is 0 Å². The van der Waals surface area contributed by atoms with Gasteiger partial charge in [0.2, 0.25) is 0 Å². The third-order valence-corrected chi connectivity index (χ3v) is 6.53. The Hall–Kier alpha value is -1.87. The number of hydrogen-bond donors (Lipinski definition) is 1. The molecule has 0 atom stereocenters. The van der Waals surface area contributed by atoms with Gasteiger partial charge in [-0.25, -0.2) is 8.42 Å². The van der Waals surface area contributed by atoms with Gasteiger partial charge in [-0.3, -0.25) is 0 Å². The standard InChI is InChI=1S/C18H18N2O2S.ClH/c19-13-14-1-3-15(4-2-14)16-5-7-17(8-6-16)23(21,22)18-9-11-20-12-10-18;/h1-8,18,20H,9-12H2;1H. The van der Waals surface area contributed by atoms with Crippen LogP contribution in [0, 0.1) is 11.3 Å². The number of hydrogen-bond acceptors (Lipinski definition) is 4. The van der Waals surface area contributed by atoms with Crippen LogP contribution in [0.25, 0.3) is 11.1 Å². The molecule has 1 aliphatic rings. The van der Waals surface area contributed by atoms with Crippen LogP contribution in [0.3, 0.4) is 0 Å². The second-order valence-electron chi connectivity index (χ2n) is 5.71. The Balaban J connectivity index is 0.00000208. The smallest absolute Gasteiger partial charge is 0.181 e. The highest BCUT2D eigenvalue weighted by Gasteiger charge is 2.28. The number of benzene rings is 2. The van der Waals surface area contributed by atoms with Gasteiger partial charge in [0.05, 0.1) is 21.8 Å². The topological polar surface area (TPSA) is 70.0 Å². The summed E-state index contributed by atoms with van der Waals surface area (Å²) in [6.45, 7) is 1.51. The van der Waals surface area contributed by atoms with Crippen molar-refractivity contribution in [2.45, 2.75) is 23.0 Å². The van der Waals surface area contributed by atoms with Gasteiger partial charge in [-0.2, -0.15) is 5.26 Å². The second-order valence-corrected chi connectivity index (χ2v) is 7.94. The Bertz CT molecular complexity index is 819. The van der Waals surface area contributed by atoms with Gasteiger partial charge in [0.1, 0.15) is 0 Å². The van der Waals surface area contributed by atoms with E-state index in [4.69, 9.17) is 5.26 Å². The molecular formula is C18H19ClN2O2S. The fourth-order valence-electron chi connectivity index (χ4n) is 2.87. The Morgan fingerprint density at radius 3 is 1.92 bits per heavy atom. The Labute approximate surface area is 148 Å². The van der Waals surface area contributed by atoms with Crippen molar-refractivity contribution >= 4 is 22.2 Å². The summed E-state index contributed by atoms with van der Waals surface area (Å²) in [5.74, 6) is 0. The zero-order chi connectivity index (χ0) is 16.3. The molecule has 1 fully saturated rings. The van der Waals surface area contributed by atoms with E-state index in [2.05, 4.69) is 11.4 Å². The first kappa shape index (κ1) is 18.5. The van der Waals surface area contributed by atoms with E-state index in [9.17, 15) is 8.42 Å². The lowest BCUT2D eigenvalue weighted by molar-refractivity contribution is 0.496. The fourth-order valence-corrected chi connectivity index (χ4v) is 4.63. The first-order valence-corrected chi connectivity index (χ1v) is 9.21. The molecule has 4 nitrogen and oxygen atoms in total. The minimum absolute atomic E-state index is 0. The van der Waals surface area contributed by atoms with Crippen molar-refractivity contribution in [3.05, 3.63) is 54.1 Å². The van der Waals surface area contributed by atoms with Crippen molar-refractivity contribution in [2.75, 3.05) is 13.1 Å². The van der Waals surface area contributed by atoms with E-state index < -0.39 is 9.84 Å². The largest absolute Gasteiger partial charge is 0.317 e. The van der Waals surface area contributed by atoms with Gasteiger partial charge in [-0.05, 0) is 61.3 Å². The molecule has 24 heavy (non-hydrogen) atoms. The molecule has 126 valence electrons. The Morgan fingerprint density at radius 2 is 1.42 bits per heavy atom. The summed E-state index contributed by atoms with van der Waals surface area (Å²) < 4.78 is 25.3. The second kappa shape index (κ2) is 7.80. The quantitative estimate of drug-likeness (QED) is 0.910. The van der Waals surface area contributed by atoms with Crippen LogP contribution >= 0.6 is 12.4 Å². The summed E-state index contributed by atoms with van der Waals surface area (Å²) in [4.78, 5) is 0.391. The van der Waals surface area contributed by atoms with Gasteiger partial charge < -0.3 is 5.32 Å². The van der Waals surface area contributed by atoms with Crippen LogP contribution in [-0.2, 0) is 9.84 Å². The van der Waals surface area contributed by atoms with Crippen LogP contribution in [-0.4, -0.2) is 26.8 Å². The van der Waals surface area contributed by atoms with Crippen LogP contribution < -0.4 is 5.32 Å². The molecule has 1 aliphatic heterocycles. The van der Waals surface area contributed by atoms with Crippen molar-refractivity contribution in [3.63, 3.8) is 0 Å². The van der Waals surface area contributed by atoms with E-state index in [0.29, 0.717) is 23.3 Å². The molecular weight excluding hydrogens is 344 g/mol. The average Bonchev–Trinajstić information content (AvgIpc) is 2.63. The molecule has 1 saturated heterocycles. The highest BCUT2D eigenvalue weighted by atomic mass is 35.5. The normalized spacial score (nSPS) is 15.3. The van der Waals surface area contributed by atoms with E-state index in [0.717, 1.165) is 24.2 Å². The average molecular weight is 363 g/mol. The minimum atomic E-state index is -3.25. The van der Waals surface area contributed by atoms with Crippen molar-refractivity contribution in [2.24, 2.45) is 0 Å². The molecule has 2 aromatic rings. The Kier molecular flexibility index (Phi) is 6.00. The van der Waals surface area contributed by atoms with Crippen LogP contribution in [0.1, 0.15) is 18.4 Å². The number of halogens is 1. The van der Waals surface area contributed by atoms with Crippen LogP contribution in [0.15, 0.2) is 53.4 Å². The molecule has 3 rings (SSSR count). The van der Waals surface area contributed by atoms with Crippen molar-refractivity contribution in [3.8, 4) is 17.2 Å². The highest BCUT2D eigenvalue weighted by molar-refractivity contribution is 7.92. The number of rotatable bonds is 3. The summed E-state index contributed by atoms with van der Waals surface area (Å²) in [7, 11) is -3.25. The molecule has 2 aromatic carbocycles. The molecule has 0 aromatic heterocycles. The molecule has 0 radical (unpaired) electrons. The van der Waals surface area contributed by atoms with Crippen molar-refractivity contribution < 1.29 is 8.42 Å². The first-order chi connectivity index (χ1) is 11.1. The van der Waals surface area contributed by atoms with E-state index in [-0.39, 0.29) is 17.7 Å². The van der Waals surface area contributed by atoms with E-state index >= 15 is 0 Å². The zero-order valence-electron chi connectivity index (χ0n) is 13.1. The maximum atomic E-state index is 12.7. The van der Waals surface area contributed by atoms with Crippen LogP contribution in [0.5, 0.6) is 0 Å². The van der Waals surface area contributed by atoms with Gasteiger partial charge in [-0.1, -0.05) is 24.3 Å². The molecule has 1 N–H and O–H groups in total. The molecule has 0 spiro atoms. The molecule has 0 aliphatic carbocycles. The predicted octanol–water partition coefficient (Wildman–Crippen LogP) is 3.17. The van der Waals surface area contributed by atoms with Crippen molar-refractivity contribution in [1.29, 1.82) is 5.26 Å². The summed E-state index contributed by atoms with van der Waals surface area (Å²) in [6, 6.07) is 16.4. The van der Waals surface area contributed by atoms with E-state index in [1.54, 1.807) is 24.3 Å². The SMILES string of the molecule is Cl.N#Cc1ccc(-c2ccc(S(=O)(=O)C3CCNCC3)cc2)cc1. The lowest BCUT2D eigenvalue weighted by Gasteiger charge is -2.22. The Morgan fingerprint density at radius 1 is 0.917 bits per heavy atom. The lowest BCUT2D eigenvalue weighted by Crippen LogP contribution is -2.35. The predicted molar refractivity (Wildman–Crippen MR) is 96.9 cm³/mol. The number of sulfone groups is 1. The van der Waals surface area contributed by atoms with E-state index in [1.807, 2.05) is 24.3 Å². The molecule has 6 heteroatoms. The molecule has 1 heterocycles. The number of piperidine rings is 1. The first-order valence-electron chi connectivity index (χ1n) is 7.66. The van der Waals surface area contributed by atoms with Gasteiger partial charge in [0.25, 0.3) is 0 Å². The third-order valence-electron chi connectivity index (χ3n) is 4.26. The minimum Gasteiger partial charge on any atom is -0.317 e. The van der Waals surface area contributed by atoms with E-state index in [1.165, 1.54) is 0 Å². The van der Waals surface area contributed by atoms with Gasteiger partial charge in [-0.15, -0.1) is 12.4 Å². The third kappa shape index (κ3) is 3.78. The fraction of sp³-hybridized carbons (Fsp3) is 0.278. The maximum Gasteiger partial charge on any atom is 0.181 e.